The molecule has 37 heavy (non-hydrogen) atoms. The zero-order valence-corrected chi connectivity index (χ0v) is 21.6. The molecule has 0 atom stereocenters. The second kappa shape index (κ2) is 10.2. The van der Waals surface area contributed by atoms with Crippen LogP contribution in [-0.4, -0.2) is 30.3 Å². The van der Waals surface area contributed by atoms with Crippen molar-refractivity contribution in [2.24, 2.45) is 0 Å². The van der Waals surface area contributed by atoms with Gasteiger partial charge in [-0.25, -0.2) is 22.7 Å². The Kier molecular flexibility index (Phi) is 6.93. The molecule has 0 aliphatic carbocycles. The fraction of sp³-hybridized carbons (Fsp3) is 0.0833. The van der Waals surface area contributed by atoms with Gasteiger partial charge < -0.3 is 5.32 Å². The second-order valence-electron chi connectivity index (χ2n) is 7.88. The lowest BCUT2D eigenvalue weighted by Gasteiger charge is -2.09. The number of halogens is 6. The number of carbonyl (C=O) groups excluding carboxylic acids is 1. The molecule has 0 bridgehead atoms. The zero-order chi connectivity index (χ0) is 26.3. The summed E-state index contributed by atoms with van der Waals surface area (Å²) in [6, 6.07) is 11.5. The number of nitrogens with one attached hydrogen (secondary N) is 1. The molecule has 5 aromatic rings. The number of anilines is 1. The molecule has 188 valence electrons. The van der Waals surface area contributed by atoms with Crippen molar-refractivity contribution in [2.75, 3.05) is 5.32 Å². The highest BCUT2D eigenvalue weighted by molar-refractivity contribution is 9.10. The molecule has 0 saturated heterocycles. The summed E-state index contributed by atoms with van der Waals surface area (Å²) in [6.45, 7) is 0.307. The first kappa shape index (κ1) is 25.2. The summed E-state index contributed by atoms with van der Waals surface area (Å²) in [5, 5.41) is 11.9. The molecule has 0 unspecified atom stereocenters. The summed E-state index contributed by atoms with van der Waals surface area (Å²) < 4.78 is 43.9. The molecular formula is C24H14BrCl2F3N6O. The third-order valence-corrected chi connectivity index (χ3v) is 6.57. The lowest BCUT2D eigenvalue weighted by molar-refractivity contribution is 0.102. The van der Waals surface area contributed by atoms with Gasteiger partial charge in [-0.2, -0.15) is 10.2 Å². The molecule has 13 heteroatoms. The molecule has 0 aliphatic rings. The highest BCUT2D eigenvalue weighted by Gasteiger charge is 2.23. The van der Waals surface area contributed by atoms with E-state index in [9.17, 15) is 18.0 Å². The van der Waals surface area contributed by atoms with Crippen molar-refractivity contribution in [1.29, 1.82) is 0 Å². The summed E-state index contributed by atoms with van der Waals surface area (Å²) in [4.78, 5) is 17.5. The average molecular weight is 610 g/mol. The van der Waals surface area contributed by atoms with E-state index in [4.69, 9.17) is 23.2 Å². The zero-order valence-electron chi connectivity index (χ0n) is 18.5. The van der Waals surface area contributed by atoms with Crippen LogP contribution in [0.2, 0.25) is 10.0 Å². The average Bonchev–Trinajstić information content (AvgIpc) is 3.43. The Morgan fingerprint density at radius 3 is 2.57 bits per heavy atom. The van der Waals surface area contributed by atoms with Crippen LogP contribution in [0.4, 0.5) is 19.0 Å². The Labute approximate surface area is 226 Å². The summed E-state index contributed by atoms with van der Waals surface area (Å²) in [5.74, 6) is -0.945. The minimum Gasteiger partial charge on any atom is -0.304 e. The maximum absolute atomic E-state index is 13.8. The Hall–Kier alpha value is -3.41. The van der Waals surface area contributed by atoms with Gasteiger partial charge in [0.25, 0.3) is 12.3 Å². The van der Waals surface area contributed by atoms with E-state index >= 15 is 0 Å². The lowest BCUT2D eigenvalue weighted by atomic mass is 10.1. The summed E-state index contributed by atoms with van der Waals surface area (Å²) in [7, 11) is 0. The topological polar surface area (TPSA) is 77.1 Å². The van der Waals surface area contributed by atoms with Gasteiger partial charge in [-0.1, -0.05) is 29.3 Å². The highest BCUT2D eigenvalue weighted by atomic mass is 79.9. The number of nitrogens with zero attached hydrogens (tertiary/aromatic N) is 5. The van der Waals surface area contributed by atoms with E-state index in [0.717, 1.165) is 22.3 Å². The van der Waals surface area contributed by atoms with E-state index in [1.54, 1.807) is 29.1 Å². The van der Waals surface area contributed by atoms with Crippen molar-refractivity contribution in [1.82, 2.24) is 24.4 Å². The molecule has 2 aromatic carbocycles. The summed E-state index contributed by atoms with van der Waals surface area (Å²) in [5.41, 5.74) is 0.710. The smallest absolute Gasteiger partial charge is 0.280 e. The molecule has 3 aromatic heterocycles. The van der Waals surface area contributed by atoms with Crippen LogP contribution in [0.5, 0.6) is 0 Å². The van der Waals surface area contributed by atoms with Crippen LogP contribution in [0, 0.1) is 5.82 Å². The standard InChI is InChI=1S/C24H14BrCl2F3N6O/c25-17-11-35(10-13-1-4-14(26)7-18(13)27)34-22(17)33-24(37)16-9-31-36-20(21(29)30)8-19(32-23(16)36)12-2-5-15(28)6-3-12/h1-9,11,21H,10H2,(H,33,34,37). The molecule has 1 amide bonds. The number of hydrogen-bond acceptors (Lipinski definition) is 4. The van der Waals surface area contributed by atoms with E-state index in [2.05, 4.69) is 36.4 Å². The monoisotopic (exact) mass is 608 g/mol. The minimum absolute atomic E-state index is 0.0481. The third kappa shape index (κ3) is 5.20. The summed E-state index contributed by atoms with van der Waals surface area (Å²) >= 11 is 15.5. The van der Waals surface area contributed by atoms with Crippen molar-refractivity contribution in [3.63, 3.8) is 0 Å². The Balaban J connectivity index is 1.46. The number of fused-ring (bicyclic) bond motifs is 1. The third-order valence-electron chi connectivity index (χ3n) is 5.40. The van der Waals surface area contributed by atoms with Crippen molar-refractivity contribution in [2.45, 2.75) is 13.0 Å². The van der Waals surface area contributed by atoms with Crippen molar-refractivity contribution in [3.05, 3.63) is 98.1 Å². The van der Waals surface area contributed by atoms with Gasteiger partial charge in [-0.15, -0.1) is 0 Å². The van der Waals surface area contributed by atoms with Crippen LogP contribution in [-0.2, 0) is 6.54 Å². The quantitative estimate of drug-likeness (QED) is 0.224. The Morgan fingerprint density at radius 2 is 1.86 bits per heavy atom. The summed E-state index contributed by atoms with van der Waals surface area (Å²) in [6.07, 6.45) is -0.0997. The van der Waals surface area contributed by atoms with Gasteiger partial charge in [-0.05, 0) is 64.0 Å². The number of alkyl halides is 2. The Morgan fingerprint density at radius 1 is 1.11 bits per heavy atom. The SMILES string of the molecule is O=C(Nc1nn(Cc2ccc(Cl)cc2Cl)cc1Br)c1cnn2c(C(F)F)cc(-c3ccc(F)cc3)nc12. The van der Waals surface area contributed by atoms with Crippen LogP contribution in [0.15, 0.2) is 65.4 Å². The Bertz CT molecular complexity index is 1640. The van der Waals surface area contributed by atoms with Gasteiger partial charge in [0.05, 0.1) is 22.9 Å². The molecule has 0 saturated carbocycles. The highest BCUT2D eigenvalue weighted by Crippen LogP contribution is 2.28. The van der Waals surface area contributed by atoms with E-state index in [-0.39, 0.29) is 22.7 Å². The number of hydrogen-bond donors (Lipinski definition) is 1. The molecule has 1 N–H and O–H groups in total. The fourth-order valence-electron chi connectivity index (χ4n) is 3.63. The molecular weight excluding hydrogens is 596 g/mol. The van der Waals surface area contributed by atoms with Gasteiger partial charge in [-0.3, -0.25) is 9.48 Å². The second-order valence-corrected chi connectivity index (χ2v) is 9.58. The van der Waals surface area contributed by atoms with E-state index < -0.39 is 23.8 Å². The van der Waals surface area contributed by atoms with Crippen molar-refractivity contribution < 1.29 is 18.0 Å². The molecule has 0 spiro atoms. The van der Waals surface area contributed by atoms with Crippen molar-refractivity contribution in [3.8, 4) is 11.3 Å². The first-order valence-electron chi connectivity index (χ1n) is 10.6. The number of benzene rings is 2. The van der Waals surface area contributed by atoms with E-state index in [1.807, 2.05) is 0 Å². The van der Waals surface area contributed by atoms with E-state index in [1.165, 1.54) is 24.3 Å². The number of amides is 1. The first-order chi connectivity index (χ1) is 17.7. The van der Waals surface area contributed by atoms with Gasteiger partial charge in [0.2, 0.25) is 0 Å². The molecule has 5 rings (SSSR count). The van der Waals surface area contributed by atoms with Crippen LogP contribution in [0.3, 0.4) is 0 Å². The van der Waals surface area contributed by atoms with Gasteiger partial charge >= 0.3 is 0 Å². The molecule has 0 aliphatic heterocycles. The predicted octanol–water partition coefficient (Wildman–Crippen LogP) is 7.04. The number of rotatable bonds is 6. The van der Waals surface area contributed by atoms with Gasteiger partial charge in [0, 0.05) is 21.8 Å². The molecule has 0 radical (unpaired) electrons. The van der Waals surface area contributed by atoms with Crippen LogP contribution in [0.25, 0.3) is 16.9 Å². The number of aromatic nitrogens is 5. The molecule has 3 heterocycles. The first-order valence-corrected chi connectivity index (χ1v) is 12.2. The van der Waals surface area contributed by atoms with Crippen LogP contribution >= 0.6 is 39.1 Å². The number of carbonyl (C=O) groups is 1. The van der Waals surface area contributed by atoms with Crippen LogP contribution in [0.1, 0.15) is 28.0 Å². The largest absolute Gasteiger partial charge is 0.304 e. The lowest BCUT2D eigenvalue weighted by Crippen LogP contribution is -2.14. The van der Waals surface area contributed by atoms with Gasteiger partial charge in [0.1, 0.15) is 17.1 Å². The van der Waals surface area contributed by atoms with E-state index in [0.29, 0.717) is 26.6 Å². The fourth-order valence-corrected chi connectivity index (χ4v) is 4.52. The maximum Gasteiger partial charge on any atom is 0.280 e. The van der Waals surface area contributed by atoms with Crippen LogP contribution < -0.4 is 5.32 Å². The molecule has 7 nitrogen and oxygen atoms in total. The maximum atomic E-state index is 13.8. The normalized spacial score (nSPS) is 11.4. The van der Waals surface area contributed by atoms with Crippen molar-refractivity contribution >= 4 is 56.5 Å². The van der Waals surface area contributed by atoms with Gasteiger partial charge in [0.15, 0.2) is 11.5 Å². The predicted molar refractivity (Wildman–Crippen MR) is 137 cm³/mol. The minimum atomic E-state index is -2.90. The molecule has 0 fully saturated rings.